The first-order valence-corrected chi connectivity index (χ1v) is 11.6. The molecule has 9 heteroatoms. The summed E-state index contributed by atoms with van der Waals surface area (Å²) in [6.45, 7) is 2.71. The zero-order valence-corrected chi connectivity index (χ0v) is 19.7. The molecule has 1 aromatic heterocycles. The van der Waals surface area contributed by atoms with Crippen LogP contribution < -0.4 is 19.5 Å². The van der Waals surface area contributed by atoms with Gasteiger partial charge in [0.2, 0.25) is 11.7 Å². The molecule has 1 aliphatic rings. The third kappa shape index (κ3) is 4.98. The quantitative estimate of drug-likeness (QED) is 0.536. The Kier molecular flexibility index (Phi) is 8.33. The fourth-order valence-electron chi connectivity index (χ4n) is 3.69. The molecule has 0 saturated carbocycles. The molecule has 2 amide bonds. The summed E-state index contributed by atoms with van der Waals surface area (Å²) in [6, 6.07) is 4.42. The highest BCUT2D eigenvalue weighted by molar-refractivity contribution is 7.99. The molecule has 174 valence electrons. The van der Waals surface area contributed by atoms with E-state index in [0.717, 1.165) is 24.8 Å². The summed E-state index contributed by atoms with van der Waals surface area (Å²) in [4.78, 5) is 28.4. The molecule has 0 aliphatic carbocycles. The Balaban J connectivity index is 1.93. The average Bonchev–Trinajstić information content (AvgIpc) is 3.50. The first-order chi connectivity index (χ1) is 15.5. The summed E-state index contributed by atoms with van der Waals surface area (Å²) in [6.07, 6.45) is 6.20. The van der Waals surface area contributed by atoms with E-state index in [4.69, 9.17) is 18.6 Å². The lowest BCUT2D eigenvalue weighted by atomic mass is 10.1. The maximum Gasteiger partial charge on any atom is 0.256 e. The Bertz CT molecular complexity index is 892. The minimum Gasteiger partial charge on any atom is -0.493 e. The second kappa shape index (κ2) is 11.2. The number of nitrogens with one attached hydrogen (secondary N) is 1. The number of thioether (sulfide) groups is 1. The van der Waals surface area contributed by atoms with Crippen molar-refractivity contribution in [2.75, 3.05) is 33.6 Å². The lowest BCUT2D eigenvalue weighted by Crippen LogP contribution is -2.48. The van der Waals surface area contributed by atoms with Crippen LogP contribution in [0.4, 0.5) is 0 Å². The highest BCUT2D eigenvalue weighted by Gasteiger charge is 2.43. The maximum absolute atomic E-state index is 13.7. The molecule has 0 spiro atoms. The normalized spacial score (nSPS) is 17.8. The number of nitrogens with zero attached hydrogens (tertiary/aromatic N) is 1. The average molecular weight is 463 g/mol. The molecule has 1 aliphatic heterocycles. The third-order valence-corrected chi connectivity index (χ3v) is 6.68. The maximum atomic E-state index is 13.7. The van der Waals surface area contributed by atoms with Crippen LogP contribution in [0.25, 0.3) is 0 Å². The lowest BCUT2D eigenvalue weighted by molar-refractivity contribution is -0.124. The topological polar surface area (TPSA) is 90.2 Å². The minimum absolute atomic E-state index is 0.152. The van der Waals surface area contributed by atoms with Crippen LogP contribution in [-0.2, 0) is 4.79 Å². The van der Waals surface area contributed by atoms with Crippen molar-refractivity contribution in [3.05, 3.63) is 41.9 Å². The van der Waals surface area contributed by atoms with E-state index < -0.39 is 6.04 Å². The number of rotatable bonds is 10. The first-order valence-electron chi connectivity index (χ1n) is 10.6. The van der Waals surface area contributed by atoms with Crippen LogP contribution >= 0.6 is 11.8 Å². The number of ether oxygens (including phenoxy) is 3. The molecule has 8 nitrogen and oxygen atoms in total. The summed E-state index contributed by atoms with van der Waals surface area (Å²) < 4.78 is 21.4. The largest absolute Gasteiger partial charge is 0.493 e. The Morgan fingerprint density at radius 2 is 1.88 bits per heavy atom. The van der Waals surface area contributed by atoms with Crippen LogP contribution in [0, 0.1) is 0 Å². The van der Waals surface area contributed by atoms with Crippen molar-refractivity contribution in [2.24, 2.45) is 0 Å². The van der Waals surface area contributed by atoms with Crippen molar-refractivity contribution in [1.82, 2.24) is 10.2 Å². The van der Waals surface area contributed by atoms with Crippen LogP contribution in [0.5, 0.6) is 17.2 Å². The standard InChI is InChI=1S/C23H30N2O6S/c1-5-6-7-9-24-21(26)17-14-32-23(15-8-10-31-13-15)25(17)22(27)16-11-18(28-2)20(30-4)19(12-16)29-3/h8,10-13,17,23H,5-7,9,14H2,1-4H3,(H,24,26). The molecule has 1 aromatic carbocycles. The molecule has 0 bridgehead atoms. The minimum atomic E-state index is -0.604. The molecule has 2 unspecified atom stereocenters. The predicted molar refractivity (Wildman–Crippen MR) is 122 cm³/mol. The molecule has 32 heavy (non-hydrogen) atoms. The number of carbonyl (C=O) groups excluding carboxylic acids is 2. The van der Waals surface area contributed by atoms with E-state index in [0.29, 0.717) is 35.1 Å². The van der Waals surface area contributed by atoms with Crippen molar-refractivity contribution in [3.63, 3.8) is 0 Å². The Morgan fingerprint density at radius 1 is 1.16 bits per heavy atom. The number of amides is 2. The van der Waals surface area contributed by atoms with Crippen LogP contribution in [0.3, 0.4) is 0 Å². The summed E-state index contributed by atoms with van der Waals surface area (Å²) in [5.74, 6) is 1.20. The van der Waals surface area contributed by atoms with Crippen LogP contribution in [0.1, 0.15) is 47.5 Å². The first kappa shape index (κ1) is 23.8. The molecule has 1 saturated heterocycles. The van der Waals surface area contributed by atoms with E-state index in [9.17, 15) is 9.59 Å². The summed E-state index contributed by atoms with van der Waals surface area (Å²) in [5.41, 5.74) is 1.18. The molecular formula is C23H30N2O6S. The van der Waals surface area contributed by atoms with Gasteiger partial charge in [0, 0.05) is 23.4 Å². The number of methoxy groups -OCH3 is 3. The Labute approximate surface area is 192 Å². The van der Waals surface area contributed by atoms with Crippen molar-refractivity contribution in [2.45, 2.75) is 37.6 Å². The van der Waals surface area contributed by atoms with Gasteiger partial charge in [0.05, 0.1) is 33.9 Å². The highest BCUT2D eigenvalue weighted by atomic mass is 32.2. The number of hydrogen-bond acceptors (Lipinski definition) is 7. The van der Waals surface area contributed by atoms with Crippen LogP contribution in [0.2, 0.25) is 0 Å². The van der Waals surface area contributed by atoms with E-state index >= 15 is 0 Å². The van der Waals surface area contributed by atoms with Gasteiger partial charge in [0.15, 0.2) is 11.5 Å². The van der Waals surface area contributed by atoms with E-state index in [2.05, 4.69) is 12.2 Å². The zero-order chi connectivity index (χ0) is 23.1. The molecule has 3 rings (SSSR count). The van der Waals surface area contributed by atoms with Crippen molar-refractivity contribution in [1.29, 1.82) is 0 Å². The van der Waals surface area contributed by atoms with Gasteiger partial charge in [-0.05, 0) is 24.6 Å². The van der Waals surface area contributed by atoms with Gasteiger partial charge in [0.25, 0.3) is 5.91 Å². The number of carbonyl (C=O) groups is 2. The molecule has 1 N–H and O–H groups in total. The fraction of sp³-hybridized carbons (Fsp3) is 0.478. The van der Waals surface area contributed by atoms with E-state index in [1.54, 1.807) is 29.6 Å². The van der Waals surface area contributed by atoms with Crippen LogP contribution in [0.15, 0.2) is 35.1 Å². The number of furan rings is 1. The smallest absolute Gasteiger partial charge is 0.256 e. The summed E-state index contributed by atoms with van der Waals surface area (Å²) >= 11 is 1.54. The zero-order valence-electron chi connectivity index (χ0n) is 18.9. The van der Waals surface area contributed by atoms with Gasteiger partial charge in [-0.2, -0.15) is 0 Å². The molecule has 1 fully saturated rings. The van der Waals surface area contributed by atoms with Crippen LogP contribution in [-0.4, -0.2) is 56.4 Å². The summed E-state index contributed by atoms with van der Waals surface area (Å²) in [5, 5.41) is 2.64. The molecule has 2 aromatic rings. The van der Waals surface area contributed by atoms with Crippen molar-refractivity contribution >= 4 is 23.6 Å². The molecular weight excluding hydrogens is 432 g/mol. The Morgan fingerprint density at radius 3 is 2.44 bits per heavy atom. The van der Waals surface area contributed by atoms with Gasteiger partial charge in [-0.15, -0.1) is 11.8 Å². The van der Waals surface area contributed by atoms with E-state index in [-0.39, 0.29) is 17.2 Å². The molecule has 0 radical (unpaired) electrons. The van der Waals surface area contributed by atoms with E-state index in [1.807, 2.05) is 6.07 Å². The van der Waals surface area contributed by atoms with E-state index in [1.165, 1.54) is 33.1 Å². The lowest BCUT2D eigenvalue weighted by Gasteiger charge is -2.29. The predicted octanol–water partition coefficient (Wildman–Crippen LogP) is 3.87. The summed E-state index contributed by atoms with van der Waals surface area (Å²) in [7, 11) is 4.50. The number of unbranched alkanes of at least 4 members (excludes halogenated alkanes) is 2. The van der Waals surface area contributed by atoms with Gasteiger partial charge in [-0.3, -0.25) is 9.59 Å². The monoisotopic (exact) mass is 462 g/mol. The van der Waals surface area contributed by atoms with Gasteiger partial charge in [-0.1, -0.05) is 19.8 Å². The number of benzene rings is 1. The second-order valence-corrected chi connectivity index (χ2v) is 8.50. The Hall–Kier alpha value is -2.81. The fourth-order valence-corrected chi connectivity index (χ4v) is 5.09. The molecule has 2 heterocycles. The SMILES string of the molecule is CCCCCNC(=O)C1CSC(c2ccoc2)N1C(=O)c1cc(OC)c(OC)c(OC)c1. The van der Waals surface area contributed by atoms with Crippen molar-refractivity contribution < 1.29 is 28.2 Å². The molecule has 2 atom stereocenters. The second-order valence-electron chi connectivity index (χ2n) is 7.38. The highest BCUT2D eigenvalue weighted by Crippen LogP contribution is 2.44. The van der Waals surface area contributed by atoms with Crippen molar-refractivity contribution in [3.8, 4) is 17.2 Å². The number of hydrogen-bond donors (Lipinski definition) is 1. The van der Waals surface area contributed by atoms with Gasteiger partial charge in [0.1, 0.15) is 11.4 Å². The third-order valence-electron chi connectivity index (χ3n) is 5.36. The van der Waals surface area contributed by atoms with Gasteiger partial charge >= 0.3 is 0 Å². The van der Waals surface area contributed by atoms with Gasteiger partial charge in [-0.25, -0.2) is 0 Å². The van der Waals surface area contributed by atoms with Gasteiger partial charge < -0.3 is 28.8 Å².